The predicted octanol–water partition coefficient (Wildman–Crippen LogP) is 1.01. The number of ether oxygens (including phenoxy) is 1. The first-order valence-corrected chi connectivity index (χ1v) is 5.79. The van der Waals surface area contributed by atoms with E-state index in [4.69, 9.17) is 10.5 Å². The number of nitrogens with zero attached hydrogens (tertiary/aromatic N) is 1. The number of hydrogen-bond donors (Lipinski definition) is 1. The molecule has 1 amide bonds. The van der Waals surface area contributed by atoms with E-state index in [2.05, 4.69) is 0 Å². The summed E-state index contributed by atoms with van der Waals surface area (Å²) in [6, 6.07) is 9.81. The molecule has 94 valence electrons. The fourth-order valence-corrected chi connectivity index (χ4v) is 1.39. The van der Waals surface area contributed by atoms with E-state index in [9.17, 15) is 4.79 Å². The van der Waals surface area contributed by atoms with E-state index in [1.165, 1.54) is 0 Å². The van der Waals surface area contributed by atoms with Crippen LogP contribution in [-0.4, -0.2) is 37.6 Å². The summed E-state index contributed by atoms with van der Waals surface area (Å²) in [5.74, 6) is -0.00520. The molecule has 0 bridgehead atoms. The molecule has 0 fully saturated rings. The van der Waals surface area contributed by atoms with E-state index in [1.807, 2.05) is 30.3 Å². The summed E-state index contributed by atoms with van der Waals surface area (Å²) in [7, 11) is 1.77. The third-order valence-corrected chi connectivity index (χ3v) is 2.46. The van der Waals surface area contributed by atoms with Crippen molar-refractivity contribution in [3.05, 3.63) is 35.9 Å². The van der Waals surface area contributed by atoms with Crippen LogP contribution in [0.25, 0.3) is 0 Å². The predicted molar refractivity (Wildman–Crippen MR) is 67.4 cm³/mol. The van der Waals surface area contributed by atoms with Crippen LogP contribution in [0.1, 0.15) is 12.0 Å². The average molecular weight is 236 g/mol. The molecule has 4 heteroatoms. The molecule has 1 rings (SSSR count). The molecule has 0 aliphatic heterocycles. The fraction of sp³-hybridized carbons (Fsp3) is 0.462. The van der Waals surface area contributed by atoms with Gasteiger partial charge in [0.25, 0.3) is 0 Å². The van der Waals surface area contributed by atoms with Crippen LogP contribution in [0, 0.1) is 0 Å². The van der Waals surface area contributed by atoms with Crippen LogP contribution in [-0.2, 0) is 16.1 Å². The van der Waals surface area contributed by atoms with E-state index in [1.54, 1.807) is 11.9 Å². The van der Waals surface area contributed by atoms with Gasteiger partial charge in [0.05, 0.1) is 6.61 Å². The Morgan fingerprint density at radius 3 is 2.71 bits per heavy atom. The van der Waals surface area contributed by atoms with Gasteiger partial charge in [0.2, 0.25) is 5.91 Å². The largest absolute Gasteiger partial charge is 0.367 e. The third-order valence-electron chi connectivity index (χ3n) is 2.46. The summed E-state index contributed by atoms with van der Waals surface area (Å²) in [5, 5.41) is 0. The molecule has 0 saturated heterocycles. The van der Waals surface area contributed by atoms with Crippen molar-refractivity contribution in [1.29, 1.82) is 0 Å². The summed E-state index contributed by atoms with van der Waals surface area (Å²) >= 11 is 0. The molecule has 4 nitrogen and oxygen atoms in total. The second-order valence-electron chi connectivity index (χ2n) is 3.94. The van der Waals surface area contributed by atoms with E-state index in [0.717, 1.165) is 12.0 Å². The first-order chi connectivity index (χ1) is 8.24. The SMILES string of the molecule is CN(CCCN)C(=O)COCc1ccccc1. The van der Waals surface area contributed by atoms with E-state index in [-0.39, 0.29) is 12.5 Å². The molecule has 17 heavy (non-hydrogen) atoms. The zero-order chi connectivity index (χ0) is 12.5. The number of carbonyl (C=O) groups excluding carboxylic acids is 1. The number of benzene rings is 1. The lowest BCUT2D eigenvalue weighted by Gasteiger charge is -2.16. The summed E-state index contributed by atoms with van der Waals surface area (Å²) in [5.41, 5.74) is 6.46. The van der Waals surface area contributed by atoms with Crippen molar-refractivity contribution < 1.29 is 9.53 Å². The van der Waals surface area contributed by atoms with Crippen molar-refractivity contribution in [2.24, 2.45) is 5.73 Å². The fourth-order valence-electron chi connectivity index (χ4n) is 1.39. The van der Waals surface area contributed by atoms with Gasteiger partial charge in [0, 0.05) is 13.6 Å². The lowest BCUT2D eigenvalue weighted by atomic mass is 10.2. The molecule has 0 unspecified atom stereocenters. The molecule has 0 heterocycles. The van der Waals surface area contributed by atoms with Crippen molar-refractivity contribution in [3.8, 4) is 0 Å². The van der Waals surface area contributed by atoms with Gasteiger partial charge in [0.15, 0.2) is 0 Å². The van der Waals surface area contributed by atoms with Crippen molar-refractivity contribution in [3.63, 3.8) is 0 Å². The molecule has 0 spiro atoms. The molecule has 2 N–H and O–H groups in total. The molecule has 0 radical (unpaired) electrons. The van der Waals surface area contributed by atoms with Gasteiger partial charge in [-0.15, -0.1) is 0 Å². The number of nitrogens with two attached hydrogens (primary N) is 1. The highest BCUT2D eigenvalue weighted by Gasteiger charge is 2.07. The highest BCUT2D eigenvalue weighted by molar-refractivity contribution is 5.77. The van der Waals surface area contributed by atoms with Gasteiger partial charge in [-0.05, 0) is 18.5 Å². The zero-order valence-electron chi connectivity index (χ0n) is 10.3. The van der Waals surface area contributed by atoms with Gasteiger partial charge in [-0.2, -0.15) is 0 Å². The van der Waals surface area contributed by atoms with Gasteiger partial charge >= 0.3 is 0 Å². The number of rotatable bonds is 7. The van der Waals surface area contributed by atoms with E-state index < -0.39 is 0 Å². The molecule has 0 saturated carbocycles. The van der Waals surface area contributed by atoms with Gasteiger partial charge in [-0.1, -0.05) is 30.3 Å². The first-order valence-electron chi connectivity index (χ1n) is 5.79. The number of likely N-dealkylation sites (N-methyl/N-ethyl adjacent to an activating group) is 1. The maximum Gasteiger partial charge on any atom is 0.248 e. The minimum atomic E-state index is -0.00520. The average Bonchev–Trinajstić information content (AvgIpc) is 2.37. The van der Waals surface area contributed by atoms with Crippen LogP contribution in [0.5, 0.6) is 0 Å². The lowest BCUT2D eigenvalue weighted by Crippen LogP contribution is -2.32. The van der Waals surface area contributed by atoms with Crippen LogP contribution in [0.2, 0.25) is 0 Å². The Hall–Kier alpha value is -1.39. The van der Waals surface area contributed by atoms with Crippen molar-refractivity contribution in [2.45, 2.75) is 13.0 Å². The smallest absolute Gasteiger partial charge is 0.248 e. The van der Waals surface area contributed by atoms with Gasteiger partial charge in [0.1, 0.15) is 6.61 Å². The van der Waals surface area contributed by atoms with E-state index >= 15 is 0 Å². The van der Waals surface area contributed by atoms with Gasteiger partial charge in [-0.25, -0.2) is 0 Å². The number of carbonyl (C=O) groups is 1. The number of amides is 1. The quantitative estimate of drug-likeness (QED) is 0.768. The topological polar surface area (TPSA) is 55.6 Å². The summed E-state index contributed by atoms with van der Waals surface area (Å²) in [4.78, 5) is 13.2. The maximum absolute atomic E-state index is 11.6. The minimum absolute atomic E-state index is 0.00520. The summed E-state index contributed by atoms with van der Waals surface area (Å²) < 4.78 is 5.36. The normalized spacial score (nSPS) is 10.2. The Bertz CT molecular complexity index is 327. The Morgan fingerprint density at radius 1 is 1.35 bits per heavy atom. The Morgan fingerprint density at radius 2 is 2.06 bits per heavy atom. The monoisotopic (exact) mass is 236 g/mol. The standard InChI is InChI=1S/C13H20N2O2/c1-15(9-5-8-14)13(16)11-17-10-12-6-3-2-4-7-12/h2-4,6-7H,5,8-11,14H2,1H3. The molecule has 0 aliphatic carbocycles. The summed E-state index contributed by atoms with van der Waals surface area (Å²) in [6.07, 6.45) is 0.820. The first kappa shape index (κ1) is 13.7. The van der Waals surface area contributed by atoms with Crippen LogP contribution in [0.15, 0.2) is 30.3 Å². The molecule has 0 aromatic heterocycles. The Kier molecular flexibility index (Phi) is 6.29. The maximum atomic E-state index is 11.6. The summed E-state index contributed by atoms with van der Waals surface area (Å²) in [6.45, 7) is 1.87. The van der Waals surface area contributed by atoms with E-state index in [0.29, 0.717) is 19.7 Å². The molecule has 0 aliphatic rings. The van der Waals surface area contributed by atoms with Crippen molar-refractivity contribution >= 4 is 5.91 Å². The van der Waals surface area contributed by atoms with Gasteiger partial charge < -0.3 is 15.4 Å². The molecule has 1 aromatic rings. The molecule has 1 aromatic carbocycles. The Labute approximate surface area is 102 Å². The second kappa shape index (κ2) is 7.81. The lowest BCUT2D eigenvalue weighted by molar-refractivity contribution is -0.135. The van der Waals surface area contributed by atoms with Gasteiger partial charge in [-0.3, -0.25) is 4.79 Å². The highest BCUT2D eigenvalue weighted by Crippen LogP contribution is 2.00. The van der Waals surface area contributed by atoms with Crippen LogP contribution >= 0.6 is 0 Å². The second-order valence-corrected chi connectivity index (χ2v) is 3.94. The molecular weight excluding hydrogens is 216 g/mol. The Balaban J connectivity index is 2.20. The van der Waals surface area contributed by atoms with Crippen LogP contribution in [0.3, 0.4) is 0 Å². The third kappa shape index (κ3) is 5.47. The molecule has 0 atom stereocenters. The number of hydrogen-bond acceptors (Lipinski definition) is 3. The van der Waals surface area contributed by atoms with Crippen LogP contribution in [0.4, 0.5) is 0 Å². The minimum Gasteiger partial charge on any atom is -0.367 e. The van der Waals surface area contributed by atoms with Crippen molar-refractivity contribution in [1.82, 2.24) is 4.90 Å². The molecular formula is C13H20N2O2. The van der Waals surface area contributed by atoms with Crippen molar-refractivity contribution in [2.75, 3.05) is 26.7 Å². The highest BCUT2D eigenvalue weighted by atomic mass is 16.5. The van der Waals surface area contributed by atoms with Crippen LogP contribution < -0.4 is 5.73 Å². The zero-order valence-corrected chi connectivity index (χ0v) is 10.3.